The second kappa shape index (κ2) is 10.6. The number of rotatable bonds is 7. The number of imidazole rings is 1. The summed E-state index contributed by atoms with van der Waals surface area (Å²) in [5.41, 5.74) is 5.29. The first-order chi connectivity index (χ1) is 17.4. The Labute approximate surface area is 223 Å². The highest BCUT2D eigenvalue weighted by Crippen LogP contribution is 2.36. The molecule has 0 radical (unpaired) electrons. The normalized spacial score (nSPS) is 15.2. The number of pyridine rings is 1. The van der Waals surface area contributed by atoms with Gasteiger partial charge in [-0.2, -0.15) is 0 Å². The van der Waals surface area contributed by atoms with Crippen LogP contribution in [0.5, 0.6) is 0 Å². The van der Waals surface area contributed by atoms with Gasteiger partial charge in [0.2, 0.25) is 0 Å². The van der Waals surface area contributed by atoms with E-state index in [0.29, 0.717) is 5.92 Å². The van der Waals surface area contributed by atoms with E-state index in [1.165, 1.54) is 30.5 Å². The third-order valence-electron chi connectivity index (χ3n) is 7.06. The highest BCUT2D eigenvalue weighted by Gasteiger charge is 2.27. The van der Waals surface area contributed by atoms with Crippen molar-refractivity contribution in [3.8, 4) is 11.3 Å². The first-order valence-electron chi connectivity index (χ1n) is 12.7. The molecule has 0 N–H and O–H groups in total. The van der Waals surface area contributed by atoms with E-state index in [-0.39, 0.29) is 11.7 Å². The van der Waals surface area contributed by atoms with Gasteiger partial charge in [0.05, 0.1) is 11.4 Å². The predicted octanol–water partition coefficient (Wildman–Crippen LogP) is 2.56. The summed E-state index contributed by atoms with van der Waals surface area (Å²) in [5.74, 6) is 1.63. The third-order valence-corrected chi connectivity index (χ3v) is 8.91. The minimum Gasteiger partial charge on any atom is -0.315 e. The lowest BCUT2D eigenvalue weighted by Crippen LogP contribution is -2.33. The SMILES string of the molecule is Bc1sc(N(c2c(CC)nc3ccc(C4CCN(SC)CC4)cn23)C(B)B)nc1-c1ccc(F)cc1. The third kappa shape index (κ3) is 4.85. The molecule has 4 heterocycles. The van der Waals surface area contributed by atoms with Crippen molar-refractivity contribution in [1.82, 2.24) is 18.7 Å². The van der Waals surface area contributed by atoms with E-state index in [4.69, 9.17) is 9.97 Å². The molecule has 184 valence electrons. The summed E-state index contributed by atoms with van der Waals surface area (Å²) in [6.45, 7) is 4.42. The Morgan fingerprint density at radius 2 is 1.86 bits per heavy atom. The van der Waals surface area contributed by atoms with Crippen LogP contribution in [0, 0.1) is 5.82 Å². The molecular formula is C25H31B3FN5S2. The summed E-state index contributed by atoms with van der Waals surface area (Å²) in [7, 11) is 6.50. The number of anilines is 2. The van der Waals surface area contributed by atoms with E-state index in [2.05, 4.69) is 68.7 Å². The lowest BCUT2D eigenvalue weighted by atomic mass is 9.77. The average Bonchev–Trinajstić information content (AvgIpc) is 3.44. The number of benzene rings is 1. The molecule has 1 aromatic carbocycles. The van der Waals surface area contributed by atoms with Crippen molar-refractivity contribution in [3.05, 3.63) is 59.7 Å². The quantitative estimate of drug-likeness (QED) is 0.279. The maximum atomic E-state index is 13.5. The Morgan fingerprint density at radius 3 is 2.50 bits per heavy atom. The second-order valence-electron chi connectivity index (χ2n) is 9.68. The van der Waals surface area contributed by atoms with Crippen LogP contribution in [0.3, 0.4) is 0 Å². The summed E-state index contributed by atoms with van der Waals surface area (Å²) in [6, 6.07) is 11.1. The zero-order valence-corrected chi connectivity index (χ0v) is 23.3. The Kier molecular flexibility index (Phi) is 7.51. The number of halogens is 1. The molecule has 0 bridgehead atoms. The molecule has 3 aromatic heterocycles. The van der Waals surface area contributed by atoms with Gasteiger partial charge in [-0.05, 0) is 77.9 Å². The molecule has 4 aromatic rings. The van der Waals surface area contributed by atoms with Crippen LogP contribution in [0.1, 0.15) is 36.9 Å². The van der Waals surface area contributed by atoms with Crippen LogP contribution in [0.25, 0.3) is 16.9 Å². The molecule has 0 unspecified atom stereocenters. The molecule has 1 aliphatic heterocycles. The molecule has 11 heteroatoms. The van der Waals surface area contributed by atoms with Crippen LogP contribution >= 0.6 is 23.3 Å². The van der Waals surface area contributed by atoms with Gasteiger partial charge in [0.25, 0.3) is 0 Å². The van der Waals surface area contributed by atoms with Crippen molar-refractivity contribution in [2.45, 2.75) is 37.9 Å². The first kappa shape index (κ1) is 25.4. The summed E-state index contributed by atoms with van der Waals surface area (Å²) < 4.78 is 19.4. The second-order valence-corrected chi connectivity index (χ2v) is 11.7. The molecule has 5 rings (SSSR count). The number of piperidine rings is 1. The number of nitrogens with zero attached hydrogens (tertiary/aromatic N) is 5. The van der Waals surface area contributed by atoms with Crippen LogP contribution in [0.15, 0.2) is 42.6 Å². The summed E-state index contributed by atoms with van der Waals surface area (Å²) in [6.07, 6.45) is 7.68. The van der Waals surface area contributed by atoms with E-state index in [0.717, 1.165) is 57.8 Å². The number of hydrogen-bond acceptors (Lipinski definition) is 6. The Balaban J connectivity index is 1.57. The topological polar surface area (TPSA) is 36.7 Å². The van der Waals surface area contributed by atoms with Crippen LogP contribution in [-0.4, -0.2) is 67.4 Å². The Morgan fingerprint density at radius 1 is 1.14 bits per heavy atom. The molecule has 5 nitrogen and oxygen atoms in total. The summed E-state index contributed by atoms with van der Waals surface area (Å²) in [4.78, 5) is 12.4. The lowest BCUT2D eigenvalue weighted by molar-refractivity contribution is 0.346. The fraction of sp³-hybridized carbons (Fsp3) is 0.360. The first-order valence-corrected chi connectivity index (χ1v) is 14.7. The maximum Gasteiger partial charge on any atom is 0.189 e. The summed E-state index contributed by atoms with van der Waals surface area (Å²) >= 11 is 3.53. The molecule has 1 aliphatic rings. The molecular weight excluding hydrogens is 486 g/mol. The number of fused-ring (bicyclic) bond motifs is 1. The van der Waals surface area contributed by atoms with Crippen LogP contribution < -0.4 is 9.68 Å². The maximum absolute atomic E-state index is 13.5. The van der Waals surface area contributed by atoms with Gasteiger partial charge >= 0.3 is 0 Å². The predicted molar refractivity (Wildman–Crippen MR) is 160 cm³/mol. The minimum absolute atomic E-state index is 0.190. The Bertz CT molecular complexity index is 1350. The monoisotopic (exact) mass is 517 g/mol. The van der Waals surface area contributed by atoms with Gasteiger partial charge in [-0.15, -0.1) is 11.3 Å². The van der Waals surface area contributed by atoms with E-state index in [1.54, 1.807) is 23.5 Å². The van der Waals surface area contributed by atoms with E-state index in [9.17, 15) is 4.39 Å². The average molecular weight is 517 g/mol. The molecule has 0 aliphatic carbocycles. The van der Waals surface area contributed by atoms with Crippen molar-refractivity contribution >= 4 is 68.2 Å². The zero-order chi connectivity index (χ0) is 25.4. The number of aromatic nitrogens is 3. The van der Waals surface area contributed by atoms with Gasteiger partial charge in [0, 0.05) is 24.8 Å². The highest BCUT2D eigenvalue weighted by molar-refractivity contribution is 7.96. The fourth-order valence-electron chi connectivity index (χ4n) is 5.12. The molecule has 1 saturated heterocycles. The van der Waals surface area contributed by atoms with Gasteiger partial charge in [-0.3, -0.25) is 8.71 Å². The van der Waals surface area contributed by atoms with Crippen molar-refractivity contribution in [3.63, 3.8) is 0 Å². The smallest absolute Gasteiger partial charge is 0.189 e. The molecule has 36 heavy (non-hydrogen) atoms. The van der Waals surface area contributed by atoms with Crippen LogP contribution in [0.2, 0.25) is 0 Å². The van der Waals surface area contributed by atoms with Gasteiger partial charge in [0.1, 0.15) is 33.0 Å². The number of hydrogen-bond donors (Lipinski definition) is 0. The van der Waals surface area contributed by atoms with E-state index < -0.39 is 0 Å². The van der Waals surface area contributed by atoms with Crippen molar-refractivity contribution < 1.29 is 4.39 Å². The molecule has 0 amide bonds. The number of aryl methyl sites for hydroxylation is 1. The van der Waals surface area contributed by atoms with Crippen molar-refractivity contribution in [2.24, 2.45) is 0 Å². The van der Waals surface area contributed by atoms with Crippen LogP contribution in [-0.2, 0) is 6.42 Å². The molecule has 0 atom stereocenters. The van der Waals surface area contributed by atoms with E-state index in [1.807, 2.05) is 11.9 Å². The molecule has 0 spiro atoms. The van der Waals surface area contributed by atoms with E-state index >= 15 is 0 Å². The Hall–Kier alpha value is -2.23. The minimum atomic E-state index is -0.232. The van der Waals surface area contributed by atoms with Gasteiger partial charge in [-0.1, -0.05) is 24.9 Å². The molecule has 0 saturated carbocycles. The number of thiazole rings is 1. The lowest BCUT2D eigenvalue weighted by Gasteiger charge is -2.31. The zero-order valence-electron chi connectivity index (χ0n) is 21.7. The largest absolute Gasteiger partial charge is 0.315 e. The standard InChI is InChI=1S/C25H31B3FN5S2/c1-3-19-23(33-14-17(6-9-20(33)30-19)15-10-12-32(35-2)13-11-15)34(24(27)28)25-31-21(22(26)36-25)16-4-7-18(29)8-5-16/h4-9,14-15,24H,3,10-13,26-28H2,1-2H3. The summed E-state index contributed by atoms with van der Waals surface area (Å²) in [5, 5.41) is 0.942. The van der Waals surface area contributed by atoms with Crippen molar-refractivity contribution in [2.75, 3.05) is 24.2 Å². The van der Waals surface area contributed by atoms with Gasteiger partial charge < -0.3 is 4.90 Å². The van der Waals surface area contributed by atoms with Gasteiger partial charge in [0.15, 0.2) is 13.0 Å². The van der Waals surface area contributed by atoms with Crippen molar-refractivity contribution in [1.29, 1.82) is 0 Å². The van der Waals surface area contributed by atoms with Crippen LogP contribution in [0.4, 0.5) is 15.3 Å². The van der Waals surface area contributed by atoms with Gasteiger partial charge in [-0.25, -0.2) is 14.4 Å². The molecule has 1 fully saturated rings. The highest BCUT2D eigenvalue weighted by atomic mass is 32.2. The fourth-order valence-corrected chi connectivity index (χ4v) is 6.76.